The van der Waals surface area contributed by atoms with Gasteiger partial charge >= 0.3 is 11.8 Å². The molecule has 0 atom stereocenters. The average molecular weight is 385 g/mol. The lowest BCUT2D eigenvalue weighted by molar-refractivity contribution is 0.258. The Morgan fingerprint density at radius 2 is 1.52 bits per heavy atom. The van der Waals surface area contributed by atoms with Crippen LogP contribution in [0.15, 0.2) is 87.0 Å². The molecule has 1 aromatic heterocycles. The van der Waals surface area contributed by atoms with E-state index in [0.717, 1.165) is 11.1 Å². The third kappa shape index (κ3) is 3.87. The third-order valence-corrected chi connectivity index (χ3v) is 4.52. The third-order valence-electron chi connectivity index (χ3n) is 4.52. The molecular formula is C23H19N3O3. The van der Waals surface area contributed by atoms with Gasteiger partial charge in [0.25, 0.3) is 0 Å². The molecule has 0 radical (unpaired) electrons. The Hall–Kier alpha value is -3.93. The van der Waals surface area contributed by atoms with Crippen LogP contribution in [0.4, 0.5) is 10.5 Å². The van der Waals surface area contributed by atoms with Gasteiger partial charge in [0.2, 0.25) is 0 Å². The number of hydrogen-bond acceptors (Lipinski definition) is 3. The fourth-order valence-corrected chi connectivity index (χ4v) is 3.00. The van der Waals surface area contributed by atoms with E-state index < -0.39 is 11.8 Å². The fraction of sp³-hybridized carbons (Fsp3) is 0.0870. The smallest absolute Gasteiger partial charge is 0.409 e. The van der Waals surface area contributed by atoms with Gasteiger partial charge in [-0.15, -0.1) is 0 Å². The highest BCUT2D eigenvalue weighted by atomic mass is 16.4. The second-order valence-electron chi connectivity index (χ2n) is 6.77. The van der Waals surface area contributed by atoms with Gasteiger partial charge in [-0.3, -0.25) is 0 Å². The zero-order valence-electron chi connectivity index (χ0n) is 16.0. The number of nitrogens with one attached hydrogen (secondary N) is 1. The van der Waals surface area contributed by atoms with Gasteiger partial charge in [-0.25, -0.2) is 14.2 Å². The molecule has 6 heteroatoms. The standard InChI is InChI=1S/C23H19N3O3/c1-15-7-11-17(12-8-15)24-22(27)25-21-19-5-3-4-6-20(19)29-23(28)26(21)18-13-9-16(2)10-14-18/h3-14H,1-2H3,(H,24,27)/b25-21+. The van der Waals surface area contributed by atoms with Crippen molar-refractivity contribution in [1.82, 2.24) is 4.57 Å². The molecule has 4 aromatic rings. The van der Waals surface area contributed by atoms with Crippen LogP contribution in [-0.2, 0) is 0 Å². The molecule has 0 aliphatic heterocycles. The predicted octanol–water partition coefficient (Wildman–Crippen LogP) is 4.33. The van der Waals surface area contributed by atoms with Crippen LogP contribution in [0.5, 0.6) is 0 Å². The predicted molar refractivity (Wildman–Crippen MR) is 112 cm³/mol. The maximum absolute atomic E-state index is 12.7. The van der Waals surface area contributed by atoms with E-state index in [1.165, 1.54) is 4.57 Å². The van der Waals surface area contributed by atoms with E-state index >= 15 is 0 Å². The first-order chi connectivity index (χ1) is 14.0. The van der Waals surface area contributed by atoms with E-state index in [1.807, 2.05) is 38.1 Å². The molecule has 0 saturated heterocycles. The number of rotatable bonds is 2. The van der Waals surface area contributed by atoms with Crippen LogP contribution < -0.4 is 16.6 Å². The Kier molecular flexibility index (Phi) is 4.83. The molecule has 3 aromatic carbocycles. The highest BCUT2D eigenvalue weighted by molar-refractivity contribution is 5.90. The van der Waals surface area contributed by atoms with Crippen molar-refractivity contribution in [2.24, 2.45) is 4.99 Å². The first kappa shape index (κ1) is 18.4. The molecule has 0 unspecified atom stereocenters. The van der Waals surface area contributed by atoms with Crippen LogP contribution in [-0.4, -0.2) is 10.6 Å². The van der Waals surface area contributed by atoms with Gasteiger partial charge in [-0.1, -0.05) is 47.5 Å². The zero-order chi connectivity index (χ0) is 20.4. The molecule has 0 aliphatic carbocycles. The molecule has 0 saturated carbocycles. The van der Waals surface area contributed by atoms with Gasteiger partial charge in [0, 0.05) is 5.69 Å². The number of nitrogens with zero attached hydrogens (tertiary/aromatic N) is 2. The van der Waals surface area contributed by atoms with Crippen LogP contribution in [0.3, 0.4) is 0 Å². The van der Waals surface area contributed by atoms with E-state index in [2.05, 4.69) is 10.3 Å². The zero-order valence-corrected chi connectivity index (χ0v) is 16.0. The number of amides is 2. The molecule has 0 aliphatic rings. The van der Waals surface area contributed by atoms with E-state index in [9.17, 15) is 9.59 Å². The van der Waals surface area contributed by atoms with E-state index in [0.29, 0.717) is 22.3 Å². The second-order valence-corrected chi connectivity index (χ2v) is 6.77. The molecule has 1 N–H and O–H groups in total. The van der Waals surface area contributed by atoms with Crippen molar-refractivity contribution >= 4 is 22.7 Å². The number of anilines is 1. The lowest BCUT2D eigenvalue weighted by Crippen LogP contribution is -2.33. The highest BCUT2D eigenvalue weighted by Gasteiger charge is 2.11. The summed E-state index contributed by atoms with van der Waals surface area (Å²) >= 11 is 0. The number of carbonyl (C=O) groups excluding carboxylic acids is 1. The lowest BCUT2D eigenvalue weighted by atomic mass is 10.2. The van der Waals surface area contributed by atoms with Gasteiger partial charge in [-0.2, -0.15) is 4.99 Å². The number of para-hydroxylation sites is 1. The summed E-state index contributed by atoms with van der Waals surface area (Å²) in [7, 11) is 0. The number of fused-ring (bicyclic) bond motifs is 1. The molecule has 0 spiro atoms. The number of aryl methyl sites for hydroxylation is 2. The summed E-state index contributed by atoms with van der Waals surface area (Å²) in [5.74, 6) is -0.616. The van der Waals surface area contributed by atoms with Crippen LogP contribution in [0.25, 0.3) is 16.7 Å². The number of benzene rings is 3. The quantitative estimate of drug-likeness (QED) is 0.558. The summed E-state index contributed by atoms with van der Waals surface area (Å²) < 4.78 is 6.75. The van der Waals surface area contributed by atoms with Crippen molar-refractivity contribution in [2.75, 3.05) is 5.32 Å². The molecule has 29 heavy (non-hydrogen) atoms. The highest BCUT2D eigenvalue weighted by Crippen LogP contribution is 2.12. The van der Waals surface area contributed by atoms with Gasteiger partial charge in [0.1, 0.15) is 5.58 Å². The van der Waals surface area contributed by atoms with Gasteiger partial charge < -0.3 is 9.73 Å². The van der Waals surface area contributed by atoms with E-state index in [-0.39, 0.29) is 5.49 Å². The molecule has 0 fully saturated rings. The summed E-state index contributed by atoms with van der Waals surface area (Å²) in [6.45, 7) is 3.92. The molecule has 0 bridgehead atoms. The van der Waals surface area contributed by atoms with Crippen molar-refractivity contribution in [1.29, 1.82) is 0 Å². The van der Waals surface area contributed by atoms with E-state index in [1.54, 1.807) is 48.5 Å². The Balaban J connectivity index is 1.90. The Morgan fingerprint density at radius 3 is 2.21 bits per heavy atom. The minimum atomic E-state index is -0.616. The Labute approximate surface area is 166 Å². The first-order valence-electron chi connectivity index (χ1n) is 9.15. The monoisotopic (exact) mass is 385 g/mol. The maximum atomic E-state index is 12.7. The van der Waals surface area contributed by atoms with Crippen molar-refractivity contribution in [3.63, 3.8) is 0 Å². The molecule has 2 amide bonds. The fourth-order valence-electron chi connectivity index (χ4n) is 3.00. The summed E-state index contributed by atoms with van der Waals surface area (Å²) in [5, 5.41) is 3.30. The molecule has 6 nitrogen and oxygen atoms in total. The minimum Gasteiger partial charge on any atom is -0.409 e. The number of hydrogen-bond donors (Lipinski definition) is 1. The summed E-state index contributed by atoms with van der Waals surface area (Å²) in [6.07, 6.45) is 0. The van der Waals surface area contributed by atoms with E-state index in [4.69, 9.17) is 4.42 Å². The minimum absolute atomic E-state index is 0.213. The van der Waals surface area contributed by atoms with Crippen molar-refractivity contribution in [3.05, 3.63) is 100.0 Å². The second kappa shape index (κ2) is 7.59. The first-order valence-corrected chi connectivity index (χ1v) is 9.15. The maximum Gasteiger partial charge on any atom is 0.425 e. The van der Waals surface area contributed by atoms with Crippen LogP contribution in [0.1, 0.15) is 11.1 Å². The largest absolute Gasteiger partial charge is 0.425 e. The number of urea groups is 1. The topological polar surface area (TPSA) is 76.6 Å². The Morgan fingerprint density at radius 1 is 0.897 bits per heavy atom. The summed E-state index contributed by atoms with van der Waals surface area (Å²) in [5.41, 5.74) is 3.91. The van der Waals surface area contributed by atoms with Crippen molar-refractivity contribution in [2.45, 2.75) is 13.8 Å². The van der Waals surface area contributed by atoms with Crippen molar-refractivity contribution < 1.29 is 9.21 Å². The normalized spacial score (nSPS) is 11.6. The van der Waals surface area contributed by atoms with Gasteiger partial charge in [0.05, 0.1) is 11.1 Å². The molecule has 4 rings (SSSR count). The number of aromatic nitrogens is 1. The lowest BCUT2D eigenvalue weighted by Gasteiger charge is -2.09. The molecule has 144 valence electrons. The molecular weight excluding hydrogens is 366 g/mol. The summed E-state index contributed by atoms with van der Waals surface area (Å²) in [4.78, 5) is 29.6. The van der Waals surface area contributed by atoms with Crippen molar-refractivity contribution in [3.8, 4) is 5.69 Å². The molecule has 1 heterocycles. The average Bonchev–Trinajstić information content (AvgIpc) is 2.71. The SMILES string of the molecule is Cc1ccc(NC(=O)/N=c2\c3ccccc3oc(=O)n2-c2ccc(C)cc2)cc1. The number of carbonyl (C=O) groups is 1. The summed E-state index contributed by atoms with van der Waals surface area (Å²) in [6, 6.07) is 21.2. The van der Waals surface area contributed by atoms with Gasteiger partial charge in [0.15, 0.2) is 5.49 Å². The van der Waals surface area contributed by atoms with Crippen LogP contribution in [0, 0.1) is 13.8 Å². The Bertz CT molecular complexity index is 1310. The van der Waals surface area contributed by atoms with Crippen LogP contribution >= 0.6 is 0 Å². The van der Waals surface area contributed by atoms with Crippen LogP contribution in [0.2, 0.25) is 0 Å². The van der Waals surface area contributed by atoms with Gasteiger partial charge in [-0.05, 0) is 50.2 Å².